The highest BCUT2D eigenvalue weighted by atomic mass is 19.1. The van der Waals surface area contributed by atoms with Gasteiger partial charge < -0.3 is 5.32 Å². The second-order valence-electron chi connectivity index (χ2n) is 4.67. The highest BCUT2D eigenvalue weighted by Crippen LogP contribution is 2.15. The Morgan fingerprint density at radius 3 is 2.76 bits per heavy atom. The van der Waals surface area contributed by atoms with Crippen LogP contribution in [0.4, 0.5) is 4.39 Å². The number of nitrogens with one attached hydrogen (secondary N) is 1. The molecule has 0 atom stereocenters. The maximum Gasteiger partial charge on any atom is 0.123 e. The van der Waals surface area contributed by atoms with Gasteiger partial charge in [-0.25, -0.2) is 4.39 Å². The molecule has 1 heterocycles. The molecule has 0 bridgehead atoms. The molecule has 0 aromatic heterocycles. The number of piperidine rings is 1. The van der Waals surface area contributed by atoms with Crippen LogP contribution in [0.25, 0.3) is 0 Å². The molecule has 3 heteroatoms. The Hall–Kier alpha value is -0.930. The SMILES string of the molecule is CCN(Cc1cccc(F)c1)C1CCNCC1. The van der Waals surface area contributed by atoms with Gasteiger partial charge >= 0.3 is 0 Å². The van der Waals surface area contributed by atoms with Crippen molar-refractivity contribution in [3.8, 4) is 0 Å². The van der Waals surface area contributed by atoms with Crippen molar-refractivity contribution in [1.29, 1.82) is 0 Å². The molecule has 0 amide bonds. The molecule has 2 rings (SSSR count). The second-order valence-corrected chi connectivity index (χ2v) is 4.67. The number of rotatable bonds is 4. The van der Waals surface area contributed by atoms with E-state index in [1.807, 2.05) is 6.07 Å². The van der Waals surface area contributed by atoms with Gasteiger partial charge in [0.2, 0.25) is 0 Å². The minimum Gasteiger partial charge on any atom is -0.317 e. The summed E-state index contributed by atoms with van der Waals surface area (Å²) in [4.78, 5) is 2.45. The molecule has 17 heavy (non-hydrogen) atoms. The van der Waals surface area contributed by atoms with Crippen molar-refractivity contribution in [2.45, 2.75) is 32.4 Å². The van der Waals surface area contributed by atoms with Crippen molar-refractivity contribution in [3.05, 3.63) is 35.6 Å². The zero-order chi connectivity index (χ0) is 12.1. The molecule has 1 fully saturated rings. The van der Waals surface area contributed by atoms with Gasteiger partial charge in [0, 0.05) is 12.6 Å². The predicted molar refractivity (Wildman–Crippen MR) is 68.4 cm³/mol. The minimum absolute atomic E-state index is 0.135. The van der Waals surface area contributed by atoms with Crippen LogP contribution in [0.15, 0.2) is 24.3 Å². The number of benzene rings is 1. The van der Waals surface area contributed by atoms with Crippen molar-refractivity contribution < 1.29 is 4.39 Å². The molecular formula is C14H21FN2. The van der Waals surface area contributed by atoms with Crippen molar-refractivity contribution in [2.75, 3.05) is 19.6 Å². The van der Waals surface area contributed by atoms with Crippen molar-refractivity contribution >= 4 is 0 Å². The van der Waals surface area contributed by atoms with E-state index in [9.17, 15) is 4.39 Å². The zero-order valence-electron chi connectivity index (χ0n) is 10.5. The van der Waals surface area contributed by atoms with E-state index in [2.05, 4.69) is 17.1 Å². The first-order valence-corrected chi connectivity index (χ1v) is 6.49. The second kappa shape index (κ2) is 6.12. The third kappa shape index (κ3) is 3.51. The van der Waals surface area contributed by atoms with Gasteiger partial charge in [0.15, 0.2) is 0 Å². The van der Waals surface area contributed by atoms with Crippen LogP contribution in [0.2, 0.25) is 0 Å². The highest BCUT2D eigenvalue weighted by Gasteiger charge is 2.19. The average molecular weight is 236 g/mol. The lowest BCUT2D eigenvalue weighted by atomic mass is 10.0. The fraction of sp³-hybridized carbons (Fsp3) is 0.571. The summed E-state index contributed by atoms with van der Waals surface area (Å²) in [5, 5.41) is 3.38. The Bertz CT molecular complexity index is 348. The van der Waals surface area contributed by atoms with Crippen LogP contribution in [-0.4, -0.2) is 30.6 Å². The van der Waals surface area contributed by atoms with Crippen LogP contribution in [0.3, 0.4) is 0 Å². The van der Waals surface area contributed by atoms with Gasteiger partial charge in [-0.2, -0.15) is 0 Å². The fourth-order valence-electron chi connectivity index (χ4n) is 2.54. The van der Waals surface area contributed by atoms with E-state index in [0.717, 1.165) is 31.7 Å². The van der Waals surface area contributed by atoms with Gasteiger partial charge in [-0.1, -0.05) is 19.1 Å². The molecule has 1 saturated heterocycles. The molecule has 0 aliphatic carbocycles. The zero-order valence-corrected chi connectivity index (χ0v) is 10.5. The van der Waals surface area contributed by atoms with Crippen LogP contribution < -0.4 is 5.32 Å². The third-order valence-electron chi connectivity index (χ3n) is 3.51. The largest absolute Gasteiger partial charge is 0.317 e. The number of nitrogens with zero attached hydrogens (tertiary/aromatic N) is 1. The van der Waals surface area contributed by atoms with Crippen molar-refractivity contribution in [3.63, 3.8) is 0 Å². The summed E-state index contributed by atoms with van der Waals surface area (Å²) in [6.45, 7) is 6.27. The van der Waals surface area contributed by atoms with E-state index in [1.165, 1.54) is 18.9 Å². The molecule has 1 aromatic rings. The lowest BCUT2D eigenvalue weighted by Gasteiger charge is -2.33. The molecule has 0 radical (unpaired) electrons. The quantitative estimate of drug-likeness (QED) is 0.863. The first-order chi connectivity index (χ1) is 8.29. The Balaban J connectivity index is 1.98. The molecule has 2 nitrogen and oxygen atoms in total. The summed E-state index contributed by atoms with van der Waals surface area (Å²) in [5.41, 5.74) is 1.07. The lowest BCUT2D eigenvalue weighted by molar-refractivity contribution is 0.162. The van der Waals surface area contributed by atoms with Crippen LogP contribution in [0, 0.1) is 5.82 Å². The van der Waals surface area contributed by atoms with Crippen LogP contribution in [-0.2, 0) is 6.54 Å². The summed E-state index contributed by atoms with van der Waals surface area (Å²) in [5.74, 6) is -0.135. The van der Waals surface area contributed by atoms with Crippen LogP contribution in [0.1, 0.15) is 25.3 Å². The Morgan fingerprint density at radius 2 is 2.12 bits per heavy atom. The van der Waals surface area contributed by atoms with Crippen LogP contribution in [0.5, 0.6) is 0 Å². The highest BCUT2D eigenvalue weighted by molar-refractivity contribution is 5.16. The summed E-state index contributed by atoms with van der Waals surface area (Å²) in [6.07, 6.45) is 2.40. The summed E-state index contributed by atoms with van der Waals surface area (Å²) < 4.78 is 13.1. The fourth-order valence-corrected chi connectivity index (χ4v) is 2.54. The molecule has 0 spiro atoms. The average Bonchev–Trinajstić information content (AvgIpc) is 2.37. The molecule has 1 aliphatic rings. The van der Waals surface area contributed by atoms with E-state index in [-0.39, 0.29) is 5.82 Å². The summed E-state index contributed by atoms with van der Waals surface area (Å²) in [7, 11) is 0. The number of hydrogen-bond acceptors (Lipinski definition) is 2. The van der Waals surface area contributed by atoms with E-state index >= 15 is 0 Å². The molecule has 1 N–H and O–H groups in total. The van der Waals surface area contributed by atoms with E-state index in [4.69, 9.17) is 0 Å². The smallest absolute Gasteiger partial charge is 0.123 e. The summed E-state index contributed by atoms with van der Waals surface area (Å²) in [6, 6.07) is 7.59. The first kappa shape index (κ1) is 12.5. The van der Waals surface area contributed by atoms with E-state index in [1.54, 1.807) is 12.1 Å². The lowest BCUT2D eigenvalue weighted by Crippen LogP contribution is -2.42. The molecule has 1 aliphatic heterocycles. The number of hydrogen-bond donors (Lipinski definition) is 1. The normalized spacial score (nSPS) is 17.6. The summed E-state index contributed by atoms with van der Waals surface area (Å²) >= 11 is 0. The van der Waals surface area contributed by atoms with E-state index in [0.29, 0.717) is 6.04 Å². The van der Waals surface area contributed by atoms with Gasteiger partial charge in [0.05, 0.1) is 0 Å². The first-order valence-electron chi connectivity index (χ1n) is 6.49. The third-order valence-corrected chi connectivity index (χ3v) is 3.51. The maximum atomic E-state index is 13.1. The van der Waals surface area contributed by atoms with Crippen molar-refractivity contribution in [2.24, 2.45) is 0 Å². The predicted octanol–water partition coefficient (Wildman–Crippen LogP) is 2.40. The van der Waals surface area contributed by atoms with Crippen molar-refractivity contribution in [1.82, 2.24) is 10.2 Å². The monoisotopic (exact) mass is 236 g/mol. The molecule has 1 aromatic carbocycles. The minimum atomic E-state index is -0.135. The van der Waals surface area contributed by atoms with Gasteiger partial charge in [0.1, 0.15) is 5.82 Å². The van der Waals surface area contributed by atoms with Gasteiger partial charge in [-0.05, 0) is 50.2 Å². The van der Waals surface area contributed by atoms with Crippen LogP contribution >= 0.6 is 0 Å². The topological polar surface area (TPSA) is 15.3 Å². The molecule has 0 unspecified atom stereocenters. The Morgan fingerprint density at radius 1 is 1.35 bits per heavy atom. The van der Waals surface area contributed by atoms with E-state index < -0.39 is 0 Å². The molecular weight excluding hydrogens is 215 g/mol. The standard InChI is InChI=1S/C14H21FN2/c1-2-17(14-6-8-16-9-7-14)11-12-4-3-5-13(15)10-12/h3-5,10,14,16H,2,6-9,11H2,1H3. The molecule has 0 saturated carbocycles. The van der Waals surface area contributed by atoms with Gasteiger partial charge in [0.25, 0.3) is 0 Å². The molecule has 94 valence electrons. The Kier molecular flexibility index (Phi) is 4.51. The number of halogens is 1. The van der Waals surface area contributed by atoms with Gasteiger partial charge in [-0.3, -0.25) is 4.90 Å². The van der Waals surface area contributed by atoms with Gasteiger partial charge in [-0.15, -0.1) is 0 Å². The maximum absolute atomic E-state index is 13.1. The Labute approximate surface area is 103 Å².